The van der Waals surface area contributed by atoms with E-state index in [1.54, 1.807) is 0 Å². The van der Waals surface area contributed by atoms with Crippen LogP contribution in [0.3, 0.4) is 0 Å². The van der Waals surface area contributed by atoms with Gasteiger partial charge in [-0.25, -0.2) is 0 Å². The van der Waals surface area contributed by atoms with Crippen molar-refractivity contribution in [2.24, 2.45) is 0 Å². The fourth-order valence-corrected chi connectivity index (χ4v) is 2.69. The molecule has 0 fully saturated rings. The summed E-state index contributed by atoms with van der Waals surface area (Å²) < 4.78 is 6.18. The first-order valence-electron chi connectivity index (χ1n) is 6.22. The second-order valence-electron chi connectivity index (χ2n) is 6.27. The molecule has 16 heavy (non-hydrogen) atoms. The molecule has 0 unspecified atom stereocenters. The van der Waals surface area contributed by atoms with E-state index < -0.39 is 8.32 Å². The summed E-state index contributed by atoms with van der Waals surface area (Å²) >= 11 is 0. The molecule has 0 aliphatic heterocycles. The van der Waals surface area contributed by atoms with Crippen molar-refractivity contribution in [3.05, 3.63) is 11.1 Å². The molecule has 0 atom stereocenters. The standard InChI is InChI=1S/C13H26O2Si/c1-13(2,3)16(4,5)15-10-12-8-6-7-11(12)9-14/h14H,6-10H2,1-5H3. The fourth-order valence-electron chi connectivity index (χ4n) is 1.72. The molecule has 1 aliphatic rings. The van der Waals surface area contributed by atoms with E-state index in [1.807, 2.05) is 0 Å². The van der Waals surface area contributed by atoms with E-state index in [4.69, 9.17) is 4.43 Å². The largest absolute Gasteiger partial charge is 0.413 e. The van der Waals surface area contributed by atoms with Gasteiger partial charge >= 0.3 is 0 Å². The maximum absolute atomic E-state index is 9.22. The van der Waals surface area contributed by atoms with E-state index in [-0.39, 0.29) is 11.6 Å². The normalized spacial score (nSPS) is 18.4. The number of aliphatic hydroxyl groups excluding tert-OH is 1. The second-order valence-corrected chi connectivity index (χ2v) is 11.1. The van der Waals surface area contributed by atoms with Crippen molar-refractivity contribution >= 4 is 8.32 Å². The molecule has 1 rings (SSSR count). The summed E-state index contributed by atoms with van der Waals surface area (Å²) in [7, 11) is -1.63. The molecule has 0 aromatic rings. The zero-order valence-corrected chi connectivity index (χ0v) is 12.4. The van der Waals surface area contributed by atoms with Crippen molar-refractivity contribution in [3.8, 4) is 0 Å². The predicted molar refractivity (Wildman–Crippen MR) is 71.1 cm³/mol. The van der Waals surface area contributed by atoms with Gasteiger partial charge in [0.2, 0.25) is 0 Å². The highest BCUT2D eigenvalue weighted by Crippen LogP contribution is 2.37. The first-order valence-corrected chi connectivity index (χ1v) is 9.13. The molecule has 0 heterocycles. The molecular formula is C13H26O2Si. The Hall–Kier alpha value is -0.123. The summed E-state index contributed by atoms with van der Waals surface area (Å²) in [4.78, 5) is 0. The molecule has 0 amide bonds. The lowest BCUT2D eigenvalue weighted by molar-refractivity contribution is 0.306. The molecule has 0 aromatic carbocycles. The highest BCUT2D eigenvalue weighted by Gasteiger charge is 2.37. The van der Waals surface area contributed by atoms with E-state index in [2.05, 4.69) is 33.9 Å². The Balaban J connectivity index is 2.58. The van der Waals surface area contributed by atoms with E-state index in [1.165, 1.54) is 17.6 Å². The van der Waals surface area contributed by atoms with Crippen LogP contribution in [0.5, 0.6) is 0 Å². The van der Waals surface area contributed by atoms with Gasteiger partial charge in [-0.1, -0.05) is 20.8 Å². The van der Waals surface area contributed by atoms with Gasteiger partial charge < -0.3 is 9.53 Å². The first kappa shape index (κ1) is 13.9. The van der Waals surface area contributed by atoms with Crippen LogP contribution in [0.2, 0.25) is 18.1 Å². The van der Waals surface area contributed by atoms with Gasteiger partial charge in [0.05, 0.1) is 13.2 Å². The highest BCUT2D eigenvalue weighted by molar-refractivity contribution is 6.74. The number of hydrogen-bond acceptors (Lipinski definition) is 2. The molecule has 0 saturated heterocycles. The Labute approximate surface area is 101 Å². The summed E-state index contributed by atoms with van der Waals surface area (Å²) in [6.45, 7) is 12.3. The topological polar surface area (TPSA) is 29.5 Å². The Morgan fingerprint density at radius 1 is 1.19 bits per heavy atom. The lowest BCUT2D eigenvalue weighted by atomic mass is 10.2. The minimum atomic E-state index is -1.63. The van der Waals surface area contributed by atoms with Crippen molar-refractivity contribution in [1.82, 2.24) is 0 Å². The Morgan fingerprint density at radius 2 is 1.75 bits per heavy atom. The van der Waals surface area contributed by atoms with Crippen LogP contribution in [0.1, 0.15) is 40.0 Å². The van der Waals surface area contributed by atoms with E-state index in [0.717, 1.165) is 19.4 Å². The van der Waals surface area contributed by atoms with Crippen molar-refractivity contribution in [2.75, 3.05) is 13.2 Å². The third-order valence-electron chi connectivity index (χ3n) is 4.06. The molecule has 0 aromatic heterocycles. The van der Waals surface area contributed by atoms with Gasteiger partial charge in [0.1, 0.15) is 0 Å². The first-order chi connectivity index (χ1) is 7.28. The predicted octanol–water partition coefficient (Wildman–Crippen LogP) is 3.48. The minimum absolute atomic E-state index is 0.218. The molecule has 94 valence electrons. The summed E-state index contributed by atoms with van der Waals surface area (Å²) in [5, 5.41) is 9.49. The minimum Gasteiger partial charge on any atom is -0.413 e. The van der Waals surface area contributed by atoms with Crippen molar-refractivity contribution in [1.29, 1.82) is 0 Å². The van der Waals surface area contributed by atoms with Crippen LogP contribution < -0.4 is 0 Å². The molecule has 0 bridgehead atoms. The molecule has 0 radical (unpaired) electrons. The summed E-state index contributed by atoms with van der Waals surface area (Å²) in [6.07, 6.45) is 3.36. The average Bonchev–Trinajstić information content (AvgIpc) is 2.60. The molecule has 1 aliphatic carbocycles. The van der Waals surface area contributed by atoms with Crippen LogP contribution in [-0.2, 0) is 4.43 Å². The van der Waals surface area contributed by atoms with Gasteiger partial charge in [0.15, 0.2) is 8.32 Å². The molecular weight excluding hydrogens is 216 g/mol. The highest BCUT2D eigenvalue weighted by atomic mass is 28.4. The van der Waals surface area contributed by atoms with E-state index in [0.29, 0.717) is 0 Å². The molecule has 3 heteroatoms. The Morgan fingerprint density at radius 3 is 2.25 bits per heavy atom. The van der Waals surface area contributed by atoms with E-state index in [9.17, 15) is 5.11 Å². The van der Waals surface area contributed by atoms with Gasteiger partial charge in [0.25, 0.3) is 0 Å². The van der Waals surface area contributed by atoms with Crippen LogP contribution in [0.25, 0.3) is 0 Å². The number of hydrogen-bond donors (Lipinski definition) is 1. The van der Waals surface area contributed by atoms with Crippen LogP contribution in [0.4, 0.5) is 0 Å². The number of rotatable bonds is 4. The molecule has 0 saturated carbocycles. The quantitative estimate of drug-likeness (QED) is 0.604. The van der Waals surface area contributed by atoms with Crippen LogP contribution in [-0.4, -0.2) is 26.6 Å². The zero-order chi connectivity index (χ0) is 12.4. The molecule has 0 spiro atoms. The molecule has 2 nitrogen and oxygen atoms in total. The number of aliphatic hydroxyl groups is 1. The van der Waals surface area contributed by atoms with Crippen molar-refractivity contribution in [2.45, 2.75) is 58.2 Å². The molecule has 1 N–H and O–H groups in total. The third-order valence-corrected chi connectivity index (χ3v) is 8.54. The summed E-state index contributed by atoms with van der Waals surface area (Å²) in [5.41, 5.74) is 2.58. The van der Waals surface area contributed by atoms with Gasteiger partial charge in [-0.15, -0.1) is 0 Å². The lowest BCUT2D eigenvalue weighted by Crippen LogP contribution is -2.41. The van der Waals surface area contributed by atoms with Crippen molar-refractivity contribution in [3.63, 3.8) is 0 Å². The maximum Gasteiger partial charge on any atom is 0.192 e. The maximum atomic E-state index is 9.22. The Bertz CT molecular complexity index is 274. The third kappa shape index (κ3) is 3.19. The van der Waals surface area contributed by atoms with Crippen molar-refractivity contribution < 1.29 is 9.53 Å². The smallest absolute Gasteiger partial charge is 0.192 e. The van der Waals surface area contributed by atoms with Crippen LogP contribution >= 0.6 is 0 Å². The van der Waals surface area contributed by atoms with Crippen LogP contribution in [0.15, 0.2) is 11.1 Å². The lowest BCUT2D eigenvalue weighted by Gasteiger charge is -2.36. The monoisotopic (exact) mass is 242 g/mol. The second kappa shape index (κ2) is 5.03. The zero-order valence-electron chi connectivity index (χ0n) is 11.4. The van der Waals surface area contributed by atoms with Gasteiger partial charge in [0, 0.05) is 0 Å². The summed E-state index contributed by atoms with van der Waals surface area (Å²) in [6, 6.07) is 0. The fraction of sp³-hybridized carbons (Fsp3) is 0.846. The van der Waals surface area contributed by atoms with E-state index >= 15 is 0 Å². The summed E-state index contributed by atoms with van der Waals surface area (Å²) in [5.74, 6) is 0. The Kier molecular flexibility index (Phi) is 4.38. The van der Waals surface area contributed by atoms with Gasteiger partial charge in [-0.2, -0.15) is 0 Å². The average molecular weight is 242 g/mol. The van der Waals surface area contributed by atoms with Gasteiger partial charge in [-0.05, 0) is 48.5 Å². The van der Waals surface area contributed by atoms with Crippen LogP contribution in [0, 0.1) is 0 Å². The van der Waals surface area contributed by atoms with Gasteiger partial charge in [-0.3, -0.25) is 0 Å². The SMILES string of the molecule is CC(C)(C)[Si](C)(C)OCC1=C(CO)CCC1.